The van der Waals surface area contributed by atoms with Crippen LogP contribution in [0.15, 0.2) is 60.0 Å². The van der Waals surface area contributed by atoms with Crippen molar-refractivity contribution in [1.82, 2.24) is 5.43 Å². The topological polar surface area (TPSA) is 38.0 Å². The summed E-state index contributed by atoms with van der Waals surface area (Å²) in [5.74, 6) is 5.94. The molecule has 3 heteroatoms. The molecule has 108 valence electrons. The van der Waals surface area contributed by atoms with Gasteiger partial charge in [-0.1, -0.05) is 62.4 Å². The van der Waals surface area contributed by atoms with E-state index in [9.17, 15) is 0 Å². The summed E-state index contributed by atoms with van der Waals surface area (Å²) >= 11 is 1.77. The Morgan fingerprint density at radius 1 is 1.00 bits per heavy atom. The Kier molecular flexibility index (Phi) is 3.81. The Hall–Kier alpha value is -1.68. The molecule has 3 rings (SSSR count). The highest BCUT2D eigenvalue weighted by atomic mass is 32.1. The van der Waals surface area contributed by atoms with Gasteiger partial charge in [0.25, 0.3) is 0 Å². The first-order valence-corrected chi connectivity index (χ1v) is 8.00. The van der Waals surface area contributed by atoms with Gasteiger partial charge >= 0.3 is 0 Å². The summed E-state index contributed by atoms with van der Waals surface area (Å²) in [7, 11) is 0. The summed E-state index contributed by atoms with van der Waals surface area (Å²) < 4.78 is 1.31. The Balaban J connectivity index is 2.12. The van der Waals surface area contributed by atoms with Crippen LogP contribution in [0.5, 0.6) is 0 Å². The number of rotatable bonds is 4. The van der Waals surface area contributed by atoms with E-state index < -0.39 is 0 Å². The van der Waals surface area contributed by atoms with Crippen LogP contribution in [-0.2, 0) is 5.41 Å². The predicted octanol–water partition coefficient (Wildman–Crippen LogP) is 4.38. The second kappa shape index (κ2) is 5.60. The van der Waals surface area contributed by atoms with E-state index in [0.717, 1.165) is 0 Å². The number of nitrogens with one attached hydrogen (secondary N) is 1. The molecule has 0 radical (unpaired) electrons. The summed E-state index contributed by atoms with van der Waals surface area (Å²) in [6, 6.07) is 19.2. The van der Waals surface area contributed by atoms with E-state index in [-0.39, 0.29) is 11.5 Å². The average Bonchev–Trinajstić information content (AvgIpc) is 2.98. The first-order chi connectivity index (χ1) is 10.1. The van der Waals surface area contributed by atoms with E-state index in [2.05, 4.69) is 73.2 Å². The molecule has 0 spiro atoms. The molecule has 3 N–H and O–H groups in total. The molecule has 1 unspecified atom stereocenters. The minimum absolute atomic E-state index is 0.0576. The van der Waals surface area contributed by atoms with Crippen LogP contribution in [0.4, 0.5) is 0 Å². The fourth-order valence-electron chi connectivity index (χ4n) is 2.96. The van der Waals surface area contributed by atoms with Crippen molar-refractivity contribution in [2.45, 2.75) is 25.3 Å². The van der Waals surface area contributed by atoms with Gasteiger partial charge in [0, 0.05) is 10.1 Å². The molecule has 2 nitrogen and oxygen atoms in total. The highest BCUT2D eigenvalue weighted by molar-refractivity contribution is 7.17. The van der Waals surface area contributed by atoms with E-state index in [1.165, 1.54) is 21.2 Å². The van der Waals surface area contributed by atoms with Gasteiger partial charge < -0.3 is 0 Å². The highest BCUT2D eigenvalue weighted by Gasteiger charge is 2.32. The molecular formula is C18H20N2S. The zero-order valence-electron chi connectivity index (χ0n) is 12.3. The Morgan fingerprint density at radius 2 is 1.76 bits per heavy atom. The fourth-order valence-corrected chi connectivity index (χ4v) is 3.91. The molecule has 1 heterocycles. The number of fused-ring (bicyclic) bond motifs is 1. The lowest BCUT2D eigenvalue weighted by molar-refractivity contribution is 0.355. The average molecular weight is 296 g/mol. The minimum Gasteiger partial charge on any atom is -0.271 e. The Morgan fingerprint density at radius 3 is 2.48 bits per heavy atom. The maximum absolute atomic E-state index is 5.94. The number of nitrogens with two attached hydrogens (primary N) is 1. The van der Waals surface area contributed by atoms with Crippen LogP contribution < -0.4 is 11.3 Å². The van der Waals surface area contributed by atoms with Crippen LogP contribution in [-0.4, -0.2) is 0 Å². The standard InChI is InChI=1S/C18H20N2S/c1-18(2,14-8-4-3-5-9-14)17(20-19)15-10-6-7-13-11-12-21-16(13)15/h3-12,17,20H,19H2,1-2H3. The maximum Gasteiger partial charge on any atom is 0.0565 e. The van der Waals surface area contributed by atoms with Crippen molar-refractivity contribution in [2.75, 3.05) is 0 Å². The second-order valence-electron chi connectivity index (χ2n) is 5.87. The molecular weight excluding hydrogens is 276 g/mol. The quantitative estimate of drug-likeness (QED) is 0.554. The van der Waals surface area contributed by atoms with Gasteiger partial charge in [0.1, 0.15) is 0 Å². The van der Waals surface area contributed by atoms with Crippen LogP contribution in [0, 0.1) is 0 Å². The third-order valence-electron chi connectivity index (χ3n) is 4.23. The molecule has 0 saturated carbocycles. The molecule has 21 heavy (non-hydrogen) atoms. The minimum atomic E-state index is -0.103. The van der Waals surface area contributed by atoms with Gasteiger partial charge in [-0.3, -0.25) is 11.3 Å². The molecule has 0 bridgehead atoms. The summed E-state index contributed by atoms with van der Waals surface area (Å²) in [5, 5.41) is 3.42. The lowest BCUT2D eigenvalue weighted by Gasteiger charge is -2.35. The van der Waals surface area contributed by atoms with Gasteiger partial charge in [-0.05, 0) is 28.0 Å². The lowest BCUT2D eigenvalue weighted by Crippen LogP contribution is -2.41. The normalized spacial score (nSPS) is 13.5. The third-order valence-corrected chi connectivity index (χ3v) is 5.21. The number of hydrogen-bond donors (Lipinski definition) is 2. The van der Waals surface area contributed by atoms with Crippen molar-refractivity contribution < 1.29 is 0 Å². The molecule has 0 aliphatic carbocycles. The summed E-state index contributed by atoms with van der Waals surface area (Å²) in [6.45, 7) is 4.47. The van der Waals surface area contributed by atoms with Crippen molar-refractivity contribution in [3.63, 3.8) is 0 Å². The van der Waals surface area contributed by atoms with Crippen LogP contribution in [0.25, 0.3) is 10.1 Å². The van der Waals surface area contributed by atoms with Gasteiger partial charge in [-0.25, -0.2) is 0 Å². The monoisotopic (exact) mass is 296 g/mol. The van der Waals surface area contributed by atoms with E-state index in [0.29, 0.717) is 0 Å². The second-order valence-corrected chi connectivity index (χ2v) is 6.79. The number of hydrogen-bond acceptors (Lipinski definition) is 3. The van der Waals surface area contributed by atoms with E-state index >= 15 is 0 Å². The molecule has 3 aromatic rings. The molecule has 0 fully saturated rings. The van der Waals surface area contributed by atoms with Crippen molar-refractivity contribution >= 4 is 21.4 Å². The van der Waals surface area contributed by atoms with Crippen LogP contribution in [0.1, 0.15) is 31.0 Å². The first-order valence-electron chi connectivity index (χ1n) is 7.12. The molecule has 0 aliphatic rings. The van der Waals surface area contributed by atoms with E-state index in [4.69, 9.17) is 5.84 Å². The summed E-state index contributed by atoms with van der Waals surface area (Å²) in [6.07, 6.45) is 0. The van der Waals surface area contributed by atoms with Crippen LogP contribution in [0.3, 0.4) is 0 Å². The van der Waals surface area contributed by atoms with Crippen LogP contribution in [0.2, 0.25) is 0 Å². The Labute approximate surface area is 129 Å². The van der Waals surface area contributed by atoms with Gasteiger partial charge in [-0.2, -0.15) is 0 Å². The number of hydrazine groups is 1. The SMILES string of the molecule is CC(C)(c1ccccc1)C(NN)c1cccc2ccsc12. The molecule has 0 amide bonds. The van der Waals surface area contributed by atoms with Gasteiger partial charge in [-0.15, -0.1) is 11.3 Å². The van der Waals surface area contributed by atoms with Gasteiger partial charge in [0.2, 0.25) is 0 Å². The number of benzene rings is 2. The van der Waals surface area contributed by atoms with E-state index in [1.807, 2.05) is 6.07 Å². The lowest BCUT2D eigenvalue weighted by atomic mass is 9.75. The molecule has 0 aliphatic heterocycles. The largest absolute Gasteiger partial charge is 0.271 e. The van der Waals surface area contributed by atoms with E-state index in [1.54, 1.807) is 11.3 Å². The van der Waals surface area contributed by atoms with Gasteiger partial charge in [0.15, 0.2) is 0 Å². The smallest absolute Gasteiger partial charge is 0.0565 e. The zero-order chi connectivity index (χ0) is 14.9. The molecule has 0 saturated heterocycles. The molecule has 1 aromatic heterocycles. The predicted molar refractivity (Wildman–Crippen MR) is 91.4 cm³/mol. The summed E-state index contributed by atoms with van der Waals surface area (Å²) in [4.78, 5) is 0. The third kappa shape index (κ3) is 2.48. The Bertz CT molecular complexity index is 731. The maximum atomic E-state index is 5.94. The molecule has 2 aromatic carbocycles. The fraction of sp³-hybridized carbons (Fsp3) is 0.222. The highest BCUT2D eigenvalue weighted by Crippen LogP contribution is 2.40. The zero-order valence-corrected chi connectivity index (χ0v) is 13.2. The number of thiophene rings is 1. The van der Waals surface area contributed by atoms with Gasteiger partial charge in [0.05, 0.1) is 6.04 Å². The van der Waals surface area contributed by atoms with Crippen molar-refractivity contribution in [3.8, 4) is 0 Å². The van der Waals surface area contributed by atoms with Crippen LogP contribution >= 0.6 is 11.3 Å². The first kappa shape index (κ1) is 14.3. The van der Waals surface area contributed by atoms with Crippen molar-refractivity contribution in [2.24, 2.45) is 5.84 Å². The summed E-state index contributed by atoms with van der Waals surface area (Å²) in [5.41, 5.74) is 5.48. The van der Waals surface area contributed by atoms with Crippen molar-refractivity contribution in [3.05, 3.63) is 71.1 Å². The van der Waals surface area contributed by atoms with Crippen molar-refractivity contribution in [1.29, 1.82) is 0 Å². The molecule has 1 atom stereocenters.